The van der Waals surface area contributed by atoms with Crippen molar-refractivity contribution in [2.24, 2.45) is 4.99 Å². The lowest BCUT2D eigenvalue weighted by molar-refractivity contribution is -0.122. The van der Waals surface area contributed by atoms with Gasteiger partial charge in [-0.1, -0.05) is 24.6 Å². The maximum absolute atomic E-state index is 11.9. The fraction of sp³-hybridized carbons (Fsp3) is 0.619. The summed E-state index contributed by atoms with van der Waals surface area (Å²) < 4.78 is 5.88. The molecule has 1 aromatic carbocycles. The van der Waals surface area contributed by atoms with Crippen molar-refractivity contribution in [3.63, 3.8) is 0 Å². The normalized spacial score (nSPS) is 16.9. The monoisotopic (exact) mass is 423 g/mol. The number of ether oxygens (including phenoxy) is 1. The summed E-state index contributed by atoms with van der Waals surface area (Å²) in [5.74, 6) is 1.64. The van der Waals surface area contributed by atoms with Crippen molar-refractivity contribution < 1.29 is 9.53 Å². The fourth-order valence-electron chi connectivity index (χ4n) is 3.20. The van der Waals surface area contributed by atoms with Crippen molar-refractivity contribution in [1.82, 2.24) is 20.9 Å². The van der Waals surface area contributed by atoms with Crippen LogP contribution in [0.25, 0.3) is 0 Å². The molecular weight excluding hydrogens is 390 g/mol. The molecule has 3 N–H and O–H groups in total. The molecule has 1 unspecified atom stereocenters. The lowest BCUT2D eigenvalue weighted by atomic mass is 10.1. The SMILES string of the molecule is CCCNC(=O)CN1CCC(NC(=NC)NCC(C)Oc2cccc(Cl)c2)CC1. The Bertz CT molecular complexity index is 662. The van der Waals surface area contributed by atoms with Crippen LogP contribution in [0.15, 0.2) is 29.3 Å². The molecule has 0 spiro atoms. The third-order valence-electron chi connectivity index (χ3n) is 4.78. The van der Waals surface area contributed by atoms with Crippen molar-refractivity contribution >= 4 is 23.5 Å². The van der Waals surface area contributed by atoms with E-state index in [4.69, 9.17) is 16.3 Å². The number of hydrogen-bond donors (Lipinski definition) is 3. The zero-order chi connectivity index (χ0) is 21.1. The molecule has 1 aliphatic heterocycles. The first kappa shape index (κ1) is 23.3. The van der Waals surface area contributed by atoms with Crippen molar-refractivity contribution in [3.05, 3.63) is 29.3 Å². The van der Waals surface area contributed by atoms with E-state index in [1.165, 1.54) is 0 Å². The lowest BCUT2D eigenvalue weighted by Crippen LogP contribution is -2.51. The Balaban J connectivity index is 1.68. The minimum atomic E-state index is -0.0319. The molecule has 2 rings (SSSR count). The molecule has 1 aliphatic rings. The Hall–Kier alpha value is -1.99. The molecule has 1 heterocycles. The topological polar surface area (TPSA) is 78.0 Å². The minimum absolute atomic E-state index is 0.0319. The van der Waals surface area contributed by atoms with E-state index >= 15 is 0 Å². The third-order valence-corrected chi connectivity index (χ3v) is 5.02. The Morgan fingerprint density at radius 1 is 1.34 bits per heavy atom. The highest BCUT2D eigenvalue weighted by molar-refractivity contribution is 6.30. The van der Waals surface area contributed by atoms with Gasteiger partial charge in [0.15, 0.2) is 5.96 Å². The van der Waals surface area contributed by atoms with Gasteiger partial charge in [-0.15, -0.1) is 0 Å². The molecule has 1 amide bonds. The molecule has 1 fully saturated rings. The van der Waals surface area contributed by atoms with E-state index in [0.717, 1.165) is 50.6 Å². The molecule has 0 radical (unpaired) electrons. The van der Waals surface area contributed by atoms with Crippen LogP contribution < -0.4 is 20.7 Å². The van der Waals surface area contributed by atoms with Crippen LogP contribution in [0.4, 0.5) is 0 Å². The number of carbonyl (C=O) groups excluding carboxylic acids is 1. The summed E-state index contributed by atoms with van der Waals surface area (Å²) in [6, 6.07) is 7.75. The highest BCUT2D eigenvalue weighted by Crippen LogP contribution is 2.18. The first-order valence-electron chi connectivity index (χ1n) is 10.4. The zero-order valence-corrected chi connectivity index (χ0v) is 18.5. The summed E-state index contributed by atoms with van der Waals surface area (Å²) in [5.41, 5.74) is 0. The molecule has 1 atom stereocenters. The minimum Gasteiger partial charge on any atom is -0.489 e. The van der Waals surface area contributed by atoms with Crippen LogP contribution >= 0.6 is 11.6 Å². The van der Waals surface area contributed by atoms with Crippen LogP contribution in [0.3, 0.4) is 0 Å². The smallest absolute Gasteiger partial charge is 0.234 e. The number of amides is 1. The second-order valence-corrected chi connectivity index (χ2v) is 7.82. The van der Waals surface area contributed by atoms with Crippen LogP contribution in [0, 0.1) is 0 Å². The maximum atomic E-state index is 11.9. The molecule has 162 valence electrons. The Kier molecular flexibility index (Phi) is 10.1. The van der Waals surface area contributed by atoms with E-state index in [2.05, 4.69) is 32.8 Å². The summed E-state index contributed by atoms with van der Waals surface area (Å²) in [7, 11) is 1.77. The molecule has 0 bridgehead atoms. The van der Waals surface area contributed by atoms with Gasteiger partial charge < -0.3 is 20.7 Å². The van der Waals surface area contributed by atoms with Gasteiger partial charge in [-0.05, 0) is 44.4 Å². The molecule has 0 aromatic heterocycles. The summed E-state index contributed by atoms with van der Waals surface area (Å²) >= 11 is 6.00. The standard InChI is InChI=1S/C21H34ClN5O2/c1-4-10-24-20(28)15-27-11-8-18(9-12-27)26-21(23-3)25-14-16(2)29-19-7-5-6-17(22)13-19/h5-7,13,16,18H,4,8-12,14-15H2,1-3H3,(H,24,28)(H2,23,25,26). The number of nitrogens with one attached hydrogen (secondary N) is 3. The van der Waals surface area contributed by atoms with E-state index in [0.29, 0.717) is 24.2 Å². The maximum Gasteiger partial charge on any atom is 0.234 e. The van der Waals surface area contributed by atoms with Gasteiger partial charge in [-0.25, -0.2) is 0 Å². The molecule has 0 saturated carbocycles. The number of carbonyl (C=O) groups is 1. The van der Waals surface area contributed by atoms with E-state index in [1.54, 1.807) is 13.1 Å². The van der Waals surface area contributed by atoms with Gasteiger partial charge in [0.05, 0.1) is 13.1 Å². The van der Waals surface area contributed by atoms with E-state index < -0.39 is 0 Å². The van der Waals surface area contributed by atoms with Crippen molar-refractivity contribution in [2.45, 2.75) is 45.3 Å². The lowest BCUT2D eigenvalue weighted by Gasteiger charge is -2.32. The van der Waals surface area contributed by atoms with E-state index in [9.17, 15) is 4.79 Å². The van der Waals surface area contributed by atoms with Crippen LogP contribution in [-0.4, -0.2) is 68.7 Å². The van der Waals surface area contributed by atoms with Crippen LogP contribution in [0.5, 0.6) is 5.75 Å². The van der Waals surface area contributed by atoms with Gasteiger partial charge in [-0.3, -0.25) is 14.7 Å². The van der Waals surface area contributed by atoms with Crippen molar-refractivity contribution in [3.8, 4) is 5.75 Å². The number of guanidine groups is 1. The number of rotatable bonds is 9. The molecule has 1 aromatic rings. The van der Waals surface area contributed by atoms with Crippen molar-refractivity contribution in [2.75, 3.05) is 39.8 Å². The summed E-state index contributed by atoms with van der Waals surface area (Å²) in [6.45, 7) is 7.73. The number of halogens is 1. The Morgan fingerprint density at radius 3 is 2.76 bits per heavy atom. The number of piperidine rings is 1. The van der Waals surface area contributed by atoms with Crippen LogP contribution in [-0.2, 0) is 4.79 Å². The number of aliphatic imine (C=N–C) groups is 1. The quantitative estimate of drug-likeness (QED) is 0.419. The van der Waals surface area contributed by atoms with E-state index in [-0.39, 0.29) is 12.0 Å². The van der Waals surface area contributed by atoms with Crippen LogP contribution in [0.1, 0.15) is 33.1 Å². The number of hydrogen-bond acceptors (Lipinski definition) is 4. The summed E-state index contributed by atoms with van der Waals surface area (Å²) in [4.78, 5) is 18.4. The van der Waals surface area contributed by atoms with Gasteiger partial charge in [-0.2, -0.15) is 0 Å². The predicted octanol–water partition coefficient (Wildman–Crippen LogP) is 2.26. The first-order valence-corrected chi connectivity index (χ1v) is 10.8. The fourth-order valence-corrected chi connectivity index (χ4v) is 3.38. The van der Waals surface area contributed by atoms with Crippen molar-refractivity contribution in [1.29, 1.82) is 0 Å². The number of nitrogens with zero attached hydrogens (tertiary/aromatic N) is 2. The molecule has 7 nitrogen and oxygen atoms in total. The molecule has 0 aliphatic carbocycles. The van der Waals surface area contributed by atoms with Gasteiger partial charge in [0.25, 0.3) is 0 Å². The average molecular weight is 424 g/mol. The molecular formula is C21H34ClN5O2. The second kappa shape index (κ2) is 12.5. The zero-order valence-electron chi connectivity index (χ0n) is 17.7. The van der Waals surface area contributed by atoms with Gasteiger partial charge in [0, 0.05) is 37.7 Å². The summed E-state index contributed by atoms with van der Waals surface area (Å²) in [6.07, 6.45) is 2.90. The van der Waals surface area contributed by atoms with Gasteiger partial charge >= 0.3 is 0 Å². The highest BCUT2D eigenvalue weighted by atomic mass is 35.5. The third kappa shape index (κ3) is 8.92. The predicted molar refractivity (Wildman–Crippen MR) is 119 cm³/mol. The first-order chi connectivity index (χ1) is 14.0. The average Bonchev–Trinajstić information content (AvgIpc) is 2.71. The molecule has 1 saturated heterocycles. The second-order valence-electron chi connectivity index (χ2n) is 7.38. The highest BCUT2D eigenvalue weighted by Gasteiger charge is 2.21. The molecule has 8 heteroatoms. The Morgan fingerprint density at radius 2 is 2.10 bits per heavy atom. The van der Waals surface area contributed by atoms with Gasteiger partial charge in [0.1, 0.15) is 11.9 Å². The Labute approximate surface area is 179 Å². The van der Waals surface area contributed by atoms with Gasteiger partial charge in [0.2, 0.25) is 5.91 Å². The molecule has 29 heavy (non-hydrogen) atoms. The van der Waals surface area contributed by atoms with E-state index in [1.807, 2.05) is 25.1 Å². The number of likely N-dealkylation sites (tertiary alicyclic amines) is 1. The van der Waals surface area contributed by atoms with Crippen LogP contribution in [0.2, 0.25) is 5.02 Å². The summed E-state index contributed by atoms with van der Waals surface area (Å²) in [5, 5.41) is 10.4. The largest absolute Gasteiger partial charge is 0.489 e. The number of benzene rings is 1.